The maximum atomic E-state index is 11.3. The van der Waals surface area contributed by atoms with Gasteiger partial charge in [-0.2, -0.15) is 0 Å². The van der Waals surface area contributed by atoms with E-state index in [-0.39, 0.29) is 18.2 Å². The standard InChI is InChI=1S/C14H14N2O2/c1-18-13(17)8-10-4-2-3-9-7-11(14(15)16)5-6-12(9)10/h2-7H,8H2,1H3,(H3,15,16). The molecule has 0 atom stereocenters. The van der Waals surface area contributed by atoms with E-state index in [1.54, 1.807) is 6.07 Å². The second-order valence-electron chi connectivity index (χ2n) is 4.02. The van der Waals surface area contributed by atoms with Crippen LogP contribution in [0.2, 0.25) is 0 Å². The van der Waals surface area contributed by atoms with Gasteiger partial charge in [-0.1, -0.05) is 30.3 Å². The number of hydrogen-bond acceptors (Lipinski definition) is 3. The highest BCUT2D eigenvalue weighted by Gasteiger charge is 2.07. The van der Waals surface area contributed by atoms with Crippen molar-refractivity contribution in [1.82, 2.24) is 0 Å². The van der Waals surface area contributed by atoms with Crippen LogP contribution >= 0.6 is 0 Å². The molecule has 18 heavy (non-hydrogen) atoms. The van der Waals surface area contributed by atoms with E-state index in [0.29, 0.717) is 5.56 Å². The van der Waals surface area contributed by atoms with Gasteiger partial charge in [-0.05, 0) is 22.4 Å². The highest BCUT2D eigenvalue weighted by Crippen LogP contribution is 2.21. The van der Waals surface area contributed by atoms with Crippen LogP contribution in [0.4, 0.5) is 0 Å². The van der Waals surface area contributed by atoms with Crippen molar-refractivity contribution in [1.29, 1.82) is 5.41 Å². The normalized spacial score (nSPS) is 10.3. The molecule has 0 saturated carbocycles. The Morgan fingerprint density at radius 2 is 2.11 bits per heavy atom. The van der Waals surface area contributed by atoms with Crippen molar-refractivity contribution >= 4 is 22.6 Å². The molecule has 0 bridgehead atoms. The second kappa shape index (κ2) is 4.87. The first-order chi connectivity index (χ1) is 8.61. The first kappa shape index (κ1) is 12.1. The van der Waals surface area contributed by atoms with E-state index >= 15 is 0 Å². The van der Waals surface area contributed by atoms with Crippen molar-refractivity contribution < 1.29 is 9.53 Å². The van der Waals surface area contributed by atoms with E-state index in [1.807, 2.05) is 30.3 Å². The van der Waals surface area contributed by atoms with E-state index in [2.05, 4.69) is 4.74 Å². The Bertz CT molecular complexity index is 620. The summed E-state index contributed by atoms with van der Waals surface area (Å²) in [6.07, 6.45) is 0.243. The number of nitrogens with one attached hydrogen (secondary N) is 1. The number of ether oxygens (including phenoxy) is 1. The van der Waals surface area contributed by atoms with Crippen molar-refractivity contribution in [2.45, 2.75) is 6.42 Å². The molecule has 2 aromatic rings. The van der Waals surface area contributed by atoms with Crippen LogP contribution in [-0.4, -0.2) is 18.9 Å². The third-order valence-electron chi connectivity index (χ3n) is 2.84. The number of benzene rings is 2. The number of methoxy groups -OCH3 is 1. The first-order valence-corrected chi connectivity index (χ1v) is 5.54. The maximum absolute atomic E-state index is 11.3. The van der Waals surface area contributed by atoms with Gasteiger partial charge in [-0.15, -0.1) is 0 Å². The fourth-order valence-corrected chi connectivity index (χ4v) is 1.90. The molecule has 2 rings (SSSR count). The number of hydrogen-bond donors (Lipinski definition) is 2. The van der Waals surface area contributed by atoms with Gasteiger partial charge in [0.15, 0.2) is 0 Å². The lowest BCUT2D eigenvalue weighted by Gasteiger charge is -2.07. The zero-order valence-corrected chi connectivity index (χ0v) is 10.1. The lowest BCUT2D eigenvalue weighted by Crippen LogP contribution is -2.10. The predicted octanol–water partition coefficient (Wildman–Crippen LogP) is 1.84. The smallest absolute Gasteiger partial charge is 0.309 e. The number of carbonyl (C=O) groups excluding carboxylic acids is 1. The highest BCUT2D eigenvalue weighted by molar-refractivity contribution is 6.00. The van der Waals surface area contributed by atoms with Crippen LogP contribution in [0.1, 0.15) is 11.1 Å². The van der Waals surface area contributed by atoms with Crippen molar-refractivity contribution in [2.75, 3.05) is 7.11 Å². The van der Waals surface area contributed by atoms with Gasteiger partial charge in [0.05, 0.1) is 13.5 Å². The molecule has 0 spiro atoms. The Hall–Kier alpha value is -2.36. The van der Waals surface area contributed by atoms with Crippen molar-refractivity contribution in [2.24, 2.45) is 5.73 Å². The van der Waals surface area contributed by atoms with E-state index in [4.69, 9.17) is 11.1 Å². The molecule has 0 amide bonds. The van der Waals surface area contributed by atoms with E-state index in [9.17, 15) is 4.79 Å². The molecule has 3 N–H and O–H groups in total. The Labute approximate surface area is 105 Å². The molecule has 4 nitrogen and oxygen atoms in total. The fraction of sp³-hybridized carbons (Fsp3) is 0.143. The predicted molar refractivity (Wildman–Crippen MR) is 70.7 cm³/mol. The monoisotopic (exact) mass is 242 g/mol. The van der Waals surface area contributed by atoms with E-state index < -0.39 is 0 Å². The minimum absolute atomic E-state index is 0.0373. The average molecular weight is 242 g/mol. The molecule has 0 aromatic heterocycles. The summed E-state index contributed by atoms with van der Waals surface area (Å²) in [5.41, 5.74) is 7.04. The summed E-state index contributed by atoms with van der Waals surface area (Å²) in [6.45, 7) is 0. The Balaban J connectivity index is 2.50. The fourth-order valence-electron chi connectivity index (χ4n) is 1.90. The van der Waals surface area contributed by atoms with Gasteiger partial charge in [0.1, 0.15) is 5.84 Å². The molecule has 0 radical (unpaired) electrons. The van der Waals surface area contributed by atoms with Gasteiger partial charge in [0.2, 0.25) is 0 Å². The van der Waals surface area contributed by atoms with Gasteiger partial charge < -0.3 is 10.5 Å². The first-order valence-electron chi connectivity index (χ1n) is 5.54. The highest BCUT2D eigenvalue weighted by atomic mass is 16.5. The summed E-state index contributed by atoms with van der Waals surface area (Å²) in [7, 11) is 1.38. The van der Waals surface area contributed by atoms with Crippen LogP contribution in [0.3, 0.4) is 0 Å². The maximum Gasteiger partial charge on any atom is 0.309 e. The Morgan fingerprint density at radius 1 is 1.33 bits per heavy atom. The van der Waals surface area contributed by atoms with Crippen molar-refractivity contribution in [3.63, 3.8) is 0 Å². The Morgan fingerprint density at radius 3 is 2.78 bits per heavy atom. The number of amidine groups is 1. The van der Waals surface area contributed by atoms with Crippen LogP contribution in [0, 0.1) is 5.41 Å². The average Bonchev–Trinajstić information content (AvgIpc) is 2.38. The Kier molecular flexibility index (Phi) is 3.28. The SMILES string of the molecule is COC(=O)Cc1cccc2cc(C(=N)N)ccc12. The van der Waals surface area contributed by atoms with Gasteiger partial charge >= 0.3 is 5.97 Å². The summed E-state index contributed by atoms with van der Waals surface area (Å²) in [5.74, 6) is -0.228. The minimum atomic E-state index is -0.266. The van der Waals surface area contributed by atoms with Gasteiger partial charge in [0.25, 0.3) is 0 Å². The minimum Gasteiger partial charge on any atom is -0.469 e. The largest absolute Gasteiger partial charge is 0.469 e. The molecular weight excluding hydrogens is 228 g/mol. The molecule has 0 heterocycles. The topological polar surface area (TPSA) is 76.2 Å². The summed E-state index contributed by atoms with van der Waals surface area (Å²) in [6, 6.07) is 11.2. The molecule has 92 valence electrons. The number of nitrogens with two attached hydrogens (primary N) is 1. The molecular formula is C14H14N2O2. The molecule has 0 aliphatic carbocycles. The van der Waals surface area contributed by atoms with Crippen molar-refractivity contribution in [3.8, 4) is 0 Å². The van der Waals surface area contributed by atoms with Gasteiger partial charge in [-0.25, -0.2) is 0 Å². The summed E-state index contributed by atoms with van der Waals surface area (Å²) in [5, 5.41) is 9.35. The quantitative estimate of drug-likeness (QED) is 0.490. The second-order valence-corrected chi connectivity index (χ2v) is 4.02. The zero-order valence-electron chi connectivity index (χ0n) is 10.1. The summed E-state index contributed by atoms with van der Waals surface area (Å²) < 4.78 is 4.67. The van der Waals surface area contributed by atoms with Crippen LogP contribution in [-0.2, 0) is 16.0 Å². The molecule has 0 aliphatic heterocycles. The number of nitrogen functional groups attached to an aromatic ring is 1. The van der Waals surface area contributed by atoms with E-state index in [0.717, 1.165) is 16.3 Å². The molecule has 0 saturated heterocycles. The van der Waals surface area contributed by atoms with Gasteiger partial charge in [0, 0.05) is 5.56 Å². The lowest BCUT2D eigenvalue weighted by atomic mass is 10.00. The van der Waals surface area contributed by atoms with Crippen LogP contribution in [0.15, 0.2) is 36.4 Å². The number of rotatable bonds is 3. The molecule has 0 unspecified atom stereocenters. The van der Waals surface area contributed by atoms with Crippen LogP contribution < -0.4 is 5.73 Å². The third kappa shape index (κ3) is 2.32. The molecule has 4 heteroatoms. The number of fused-ring (bicyclic) bond motifs is 1. The van der Waals surface area contributed by atoms with Gasteiger partial charge in [-0.3, -0.25) is 10.2 Å². The molecule has 0 fully saturated rings. The number of carbonyl (C=O) groups is 1. The van der Waals surface area contributed by atoms with E-state index in [1.165, 1.54) is 7.11 Å². The third-order valence-corrected chi connectivity index (χ3v) is 2.84. The van der Waals surface area contributed by atoms with Crippen molar-refractivity contribution in [3.05, 3.63) is 47.5 Å². The lowest BCUT2D eigenvalue weighted by molar-refractivity contribution is -0.139. The zero-order chi connectivity index (χ0) is 13.1. The molecule has 0 aliphatic rings. The number of esters is 1. The summed E-state index contributed by atoms with van der Waals surface area (Å²) >= 11 is 0. The van der Waals surface area contributed by atoms with Crippen LogP contribution in [0.5, 0.6) is 0 Å². The molecule has 2 aromatic carbocycles. The summed E-state index contributed by atoms with van der Waals surface area (Å²) in [4.78, 5) is 11.3. The van der Waals surface area contributed by atoms with Crippen LogP contribution in [0.25, 0.3) is 10.8 Å².